The van der Waals surface area contributed by atoms with Gasteiger partial charge in [0.05, 0.1) is 11.1 Å². The van der Waals surface area contributed by atoms with Gasteiger partial charge in [-0.05, 0) is 40.5 Å². The lowest BCUT2D eigenvalue weighted by Crippen LogP contribution is -2.10. The highest BCUT2D eigenvalue weighted by molar-refractivity contribution is 9.10. The van der Waals surface area contributed by atoms with Crippen molar-refractivity contribution < 1.29 is 4.79 Å². The van der Waals surface area contributed by atoms with Gasteiger partial charge in [-0.25, -0.2) is 0 Å². The van der Waals surface area contributed by atoms with Crippen LogP contribution in [0.4, 0.5) is 5.69 Å². The average molecular weight is 288 g/mol. The standard InChI is InChI=1S/C10H8BrClN2O/c1-6-4-7(5-8(11)10(6)12)14-9(15)2-3-13/h4-5H,2H2,1H3,(H,14,15). The zero-order chi connectivity index (χ0) is 11.4. The first-order chi connectivity index (χ1) is 7.04. The molecule has 0 unspecified atom stereocenters. The van der Waals surface area contributed by atoms with E-state index in [1.165, 1.54) is 0 Å². The van der Waals surface area contributed by atoms with Gasteiger partial charge in [0.15, 0.2) is 0 Å². The van der Waals surface area contributed by atoms with E-state index in [4.69, 9.17) is 16.9 Å². The first-order valence-corrected chi connectivity index (χ1v) is 5.34. The van der Waals surface area contributed by atoms with Crippen LogP contribution in [0.3, 0.4) is 0 Å². The number of amides is 1. The molecular formula is C10H8BrClN2O. The highest BCUT2D eigenvalue weighted by Crippen LogP contribution is 2.29. The molecule has 1 aromatic carbocycles. The highest BCUT2D eigenvalue weighted by atomic mass is 79.9. The van der Waals surface area contributed by atoms with Crippen LogP contribution in [0.1, 0.15) is 12.0 Å². The summed E-state index contributed by atoms with van der Waals surface area (Å²) < 4.78 is 0.719. The maximum absolute atomic E-state index is 11.1. The van der Waals surface area contributed by atoms with Crippen LogP contribution >= 0.6 is 27.5 Å². The van der Waals surface area contributed by atoms with Gasteiger partial charge in [-0.2, -0.15) is 5.26 Å². The van der Waals surface area contributed by atoms with Crippen LogP contribution in [0.15, 0.2) is 16.6 Å². The van der Waals surface area contributed by atoms with E-state index in [1.54, 1.807) is 18.2 Å². The fraction of sp³-hybridized carbons (Fsp3) is 0.200. The Morgan fingerprint density at radius 2 is 2.33 bits per heavy atom. The van der Waals surface area contributed by atoms with Crippen LogP contribution in [0, 0.1) is 18.3 Å². The number of hydrogen-bond donors (Lipinski definition) is 1. The normalized spacial score (nSPS) is 9.47. The molecule has 0 aromatic heterocycles. The molecule has 15 heavy (non-hydrogen) atoms. The van der Waals surface area contributed by atoms with Gasteiger partial charge in [0.2, 0.25) is 5.91 Å². The van der Waals surface area contributed by atoms with Gasteiger partial charge in [-0.3, -0.25) is 4.79 Å². The predicted molar refractivity (Wildman–Crippen MR) is 62.7 cm³/mol. The molecule has 0 radical (unpaired) electrons. The first kappa shape index (κ1) is 12.0. The third kappa shape index (κ3) is 3.22. The summed E-state index contributed by atoms with van der Waals surface area (Å²) in [5.41, 5.74) is 1.49. The van der Waals surface area contributed by atoms with E-state index in [1.807, 2.05) is 6.92 Å². The molecule has 0 saturated carbocycles. The second kappa shape index (κ2) is 5.15. The molecule has 3 nitrogen and oxygen atoms in total. The third-order valence-corrected chi connectivity index (χ3v) is 3.09. The van der Waals surface area contributed by atoms with Crippen molar-refractivity contribution in [3.05, 3.63) is 27.2 Å². The van der Waals surface area contributed by atoms with Crippen LogP contribution in [-0.4, -0.2) is 5.91 Å². The second-order valence-electron chi connectivity index (χ2n) is 2.97. The third-order valence-electron chi connectivity index (χ3n) is 1.73. The van der Waals surface area contributed by atoms with Crippen molar-refractivity contribution in [2.75, 3.05) is 5.32 Å². The smallest absolute Gasteiger partial charge is 0.238 e. The molecule has 0 aliphatic heterocycles. The largest absolute Gasteiger partial charge is 0.325 e. The average Bonchev–Trinajstić information content (AvgIpc) is 2.14. The van der Waals surface area contributed by atoms with Crippen molar-refractivity contribution in [3.8, 4) is 6.07 Å². The Kier molecular flexibility index (Phi) is 4.13. The van der Waals surface area contributed by atoms with Crippen molar-refractivity contribution >= 4 is 39.1 Å². The minimum Gasteiger partial charge on any atom is -0.325 e. The van der Waals surface area contributed by atoms with E-state index < -0.39 is 0 Å². The lowest BCUT2D eigenvalue weighted by atomic mass is 10.2. The van der Waals surface area contributed by atoms with E-state index in [9.17, 15) is 4.79 Å². The number of benzene rings is 1. The summed E-state index contributed by atoms with van der Waals surface area (Å²) >= 11 is 9.21. The quantitative estimate of drug-likeness (QED) is 0.907. The zero-order valence-corrected chi connectivity index (χ0v) is 10.3. The summed E-state index contributed by atoms with van der Waals surface area (Å²) in [6.07, 6.45) is -0.153. The van der Waals surface area contributed by atoms with E-state index in [0.29, 0.717) is 10.7 Å². The molecule has 78 valence electrons. The van der Waals surface area contributed by atoms with E-state index in [0.717, 1.165) is 10.0 Å². The Labute approximate surface area is 101 Å². The lowest BCUT2D eigenvalue weighted by Gasteiger charge is -2.07. The molecule has 0 aliphatic carbocycles. The summed E-state index contributed by atoms with van der Waals surface area (Å²) in [5, 5.41) is 11.5. The Balaban J connectivity index is 2.89. The van der Waals surface area contributed by atoms with Gasteiger partial charge in [0.1, 0.15) is 6.42 Å². The highest BCUT2D eigenvalue weighted by Gasteiger charge is 2.06. The summed E-state index contributed by atoms with van der Waals surface area (Å²) in [6, 6.07) is 5.23. The van der Waals surface area contributed by atoms with Gasteiger partial charge in [-0.1, -0.05) is 11.6 Å². The van der Waals surface area contributed by atoms with Crippen molar-refractivity contribution in [1.29, 1.82) is 5.26 Å². The van der Waals surface area contributed by atoms with Crippen LogP contribution < -0.4 is 5.32 Å². The SMILES string of the molecule is Cc1cc(NC(=O)CC#N)cc(Br)c1Cl. The van der Waals surface area contributed by atoms with Crippen LogP contribution in [0.25, 0.3) is 0 Å². The number of rotatable bonds is 2. The molecule has 1 aromatic rings. The molecule has 0 atom stereocenters. The van der Waals surface area contributed by atoms with Crippen LogP contribution in [0.2, 0.25) is 5.02 Å². The number of nitrogens with one attached hydrogen (secondary N) is 1. The monoisotopic (exact) mass is 286 g/mol. The zero-order valence-electron chi connectivity index (χ0n) is 7.97. The summed E-state index contributed by atoms with van der Waals surface area (Å²) in [7, 11) is 0. The Morgan fingerprint density at radius 3 is 2.87 bits per heavy atom. The summed E-state index contributed by atoms with van der Waals surface area (Å²) in [6.45, 7) is 1.84. The van der Waals surface area contributed by atoms with Crippen molar-refractivity contribution in [2.45, 2.75) is 13.3 Å². The number of nitrogens with zero attached hydrogens (tertiary/aromatic N) is 1. The lowest BCUT2D eigenvalue weighted by molar-refractivity contribution is -0.115. The molecule has 0 heterocycles. The van der Waals surface area contributed by atoms with Crippen LogP contribution in [-0.2, 0) is 4.79 Å². The minimum atomic E-state index is -0.328. The topological polar surface area (TPSA) is 52.9 Å². The molecule has 0 aliphatic rings. The molecule has 0 fully saturated rings. The number of halogens is 2. The fourth-order valence-electron chi connectivity index (χ4n) is 1.08. The Morgan fingerprint density at radius 1 is 1.67 bits per heavy atom. The number of nitriles is 1. The minimum absolute atomic E-state index is 0.153. The maximum Gasteiger partial charge on any atom is 0.238 e. The van der Waals surface area contributed by atoms with Gasteiger partial charge < -0.3 is 5.32 Å². The number of hydrogen-bond acceptors (Lipinski definition) is 2. The van der Waals surface area contributed by atoms with Gasteiger partial charge >= 0.3 is 0 Å². The number of aryl methyl sites for hydroxylation is 1. The second-order valence-corrected chi connectivity index (χ2v) is 4.20. The van der Waals surface area contributed by atoms with Crippen molar-refractivity contribution in [3.63, 3.8) is 0 Å². The molecule has 5 heteroatoms. The summed E-state index contributed by atoms with van der Waals surface area (Å²) in [5.74, 6) is -0.328. The fourth-order valence-corrected chi connectivity index (χ4v) is 1.74. The molecule has 0 bridgehead atoms. The van der Waals surface area contributed by atoms with E-state index >= 15 is 0 Å². The molecule has 0 saturated heterocycles. The molecule has 1 N–H and O–H groups in total. The van der Waals surface area contributed by atoms with Gasteiger partial charge in [-0.15, -0.1) is 0 Å². The van der Waals surface area contributed by atoms with Gasteiger partial charge in [0, 0.05) is 10.2 Å². The van der Waals surface area contributed by atoms with Crippen molar-refractivity contribution in [1.82, 2.24) is 0 Å². The Hall–Kier alpha value is -1.05. The van der Waals surface area contributed by atoms with E-state index in [2.05, 4.69) is 21.2 Å². The number of carbonyl (C=O) groups excluding carboxylic acids is 1. The van der Waals surface area contributed by atoms with Gasteiger partial charge in [0.25, 0.3) is 0 Å². The van der Waals surface area contributed by atoms with Crippen LogP contribution in [0.5, 0.6) is 0 Å². The van der Waals surface area contributed by atoms with Crippen molar-refractivity contribution in [2.24, 2.45) is 0 Å². The number of anilines is 1. The molecule has 0 spiro atoms. The number of carbonyl (C=O) groups is 1. The molecule has 1 amide bonds. The van der Waals surface area contributed by atoms with E-state index in [-0.39, 0.29) is 12.3 Å². The molecular weight excluding hydrogens is 279 g/mol. The summed E-state index contributed by atoms with van der Waals surface area (Å²) in [4.78, 5) is 11.1. The maximum atomic E-state index is 11.1. The predicted octanol–water partition coefficient (Wildman–Crippen LogP) is 3.26. The molecule has 1 rings (SSSR count). The Bertz CT molecular complexity index is 417. The first-order valence-electron chi connectivity index (χ1n) is 4.17.